The van der Waals surface area contributed by atoms with Gasteiger partial charge in [0.1, 0.15) is 11.9 Å². The normalized spacial score (nSPS) is 35.7. The van der Waals surface area contributed by atoms with Crippen molar-refractivity contribution in [3.05, 3.63) is 24.3 Å². The second-order valence-corrected chi connectivity index (χ2v) is 6.14. The largest absolute Gasteiger partial charge is 0.497 e. The predicted molar refractivity (Wildman–Crippen MR) is 74.7 cm³/mol. The summed E-state index contributed by atoms with van der Waals surface area (Å²) in [5.74, 6) is 0.493. The maximum absolute atomic E-state index is 12.6. The van der Waals surface area contributed by atoms with Crippen molar-refractivity contribution in [1.82, 2.24) is 0 Å². The molecule has 3 aliphatic rings. The number of anilines is 1. The number of rotatable bonds is 3. The zero-order chi connectivity index (χ0) is 14.6. The van der Waals surface area contributed by atoms with Gasteiger partial charge in [0.05, 0.1) is 18.9 Å². The maximum Gasteiger partial charge on any atom is 0.310 e. The number of carbonyl (C=O) groups is 2. The smallest absolute Gasteiger partial charge is 0.310 e. The molecule has 2 saturated carbocycles. The summed E-state index contributed by atoms with van der Waals surface area (Å²) in [6, 6.07) is 7.26. The Labute approximate surface area is 122 Å². The number of ether oxygens (including phenoxy) is 2. The highest BCUT2D eigenvalue weighted by Crippen LogP contribution is 2.57. The Morgan fingerprint density at radius 3 is 3.05 bits per heavy atom. The molecule has 5 heteroatoms. The molecule has 1 aromatic carbocycles. The van der Waals surface area contributed by atoms with Crippen LogP contribution < -0.4 is 10.1 Å². The van der Waals surface area contributed by atoms with Crippen molar-refractivity contribution < 1.29 is 19.1 Å². The van der Waals surface area contributed by atoms with E-state index in [-0.39, 0.29) is 41.7 Å². The number of methoxy groups -OCH3 is 1. The van der Waals surface area contributed by atoms with Crippen molar-refractivity contribution in [2.24, 2.45) is 23.7 Å². The molecular formula is C16H17NO4. The molecule has 1 N–H and O–H groups in total. The minimum atomic E-state index is -0.243. The summed E-state index contributed by atoms with van der Waals surface area (Å²) in [4.78, 5) is 24.5. The van der Waals surface area contributed by atoms with Crippen LogP contribution in [0.25, 0.3) is 0 Å². The van der Waals surface area contributed by atoms with Gasteiger partial charge in [0, 0.05) is 17.7 Å². The number of amides is 1. The number of nitrogens with one attached hydrogen (secondary N) is 1. The highest BCUT2D eigenvalue weighted by atomic mass is 16.6. The minimum Gasteiger partial charge on any atom is -0.497 e. The van der Waals surface area contributed by atoms with E-state index in [1.165, 1.54) is 0 Å². The lowest BCUT2D eigenvalue weighted by Gasteiger charge is -2.23. The Bertz CT molecular complexity index is 612. The molecule has 4 rings (SSSR count). The average Bonchev–Trinajstić information content (AvgIpc) is 3.08. The van der Waals surface area contributed by atoms with Crippen LogP contribution in [-0.4, -0.2) is 25.1 Å². The SMILES string of the molecule is COc1cccc(NC(=O)[C@H]2[C@H]3C[C@H]4[C@H]2C(=O)O[C@H]4C3)c1. The van der Waals surface area contributed by atoms with Crippen LogP contribution in [0.5, 0.6) is 5.75 Å². The van der Waals surface area contributed by atoms with Gasteiger partial charge in [-0.1, -0.05) is 6.07 Å². The van der Waals surface area contributed by atoms with Gasteiger partial charge in [-0.25, -0.2) is 0 Å². The average molecular weight is 287 g/mol. The highest BCUT2D eigenvalue weighted by molar-refractivity contribution is 5.97. The Morgan fingerprint density at radius 2 is 2.24 bits per heavy atom. The topological polar surface area (TPSA) is 64.6 Å². The lowest BCUT2D eigenvalue weighted by Crippen LogP contribution is -2.35. The van der Waals surface area contributed by atoms with Crippen LogP contribution >= 0.6 is 0 Å². The van der Waals surface area contributed by atoms with Crippen LogP contribution in [0.4, 0.5) is 5.69 Å². The van der Waals surface area contributed by atoms with Crippen molar-refractivity contribution in [3.8, 4) is 5.75 Å². The van der Waals surface area contributed by atoms with E-state index in [4.69, 9.17) is 9.47 Å². The zero-order valence-electron chi connectivity index (χ0n) is 11.7. The molecule has 1 heterocycles. The van der Waals surface area contributed by atoms with Crippen LogP contribution in [0.3, 0.4) is 0 Å². The van der Waals surface area contributed by atoms with Gasteiger partial charge < -0.3 is 14.8 Å². The van der Waals surface area contributed by atoms with E-state index in [0.717, 1.165) is 12.8 Å². The number of fused-ring (bicyclic) bond motifs is 1. The molecule has 1 aromatic rings. The van der Waals surface area contributed by atoms with Gasteiger partial charge >= 0.3 is 5.97 Å². The molecule has 0 radical (unpaired) electrons. The Balaban J connectivity index is 1.54. The van der Waals surface area contributed by atoms with Gasteiger partial charge in [0.15, 0.2) is 0 Å². The molecule has 3 fully saturated rings. The molecule has 21 heavy (non-hydrogen) atoms. The molecule has 1 amide bonds. The van der Waals surface area contributed by atoms with E-state index in [1.807, 2.05) is 18.2 Å². The van der Waals surface area contributed by atoms with E-state index < -0.39 is 0 Å². The van der Waals surface area contributed by atoms with E-state index in [9.17, 15) is 9.59 Å². The number of hydrogen-bond acceptors (Lipinski definition) is 4. The molecule has 0 spiro atoms. The van der Waals surface area contributed by atoms with E-state index in [1.54, 1.807) is 13.2 Å². The summed E-state index contributed by atoms with van der Waals surface area (Å²) in [6.45, 7) is 0. The fourth-order valence-electron chi connectivity index (χ4n) is 4.29. The van der Waals surface area contributed by atoms with Gasteiger partial charge in [-0.15, -0.1) is 0 Å². The molecule has 5 nitrogen and oxygen atoms in total. The lowest BCUT2D eigenvalue weighted by atomic mass is 9.79. The van der Waals surface area contributed by atoms with Crippen LogP contribution in [0.15, 0.2) is 24.3 Å². The minimum absolute atomic E-state index is 0.0633. The Kier molecular flexibility index (Phi) is 2.71. The molecule has 1 aliphatic heterocycles. The Hall–Kier alpha value is -2.04. The summed E-state index contributed by atoms with van der Waals surface area (Å²) in [6.07, 6.45) is 1.84. The van der Waals surface area contributed by atoms with Crippen molar-refractivity contribution in [1.29, 1.82) is 0 Å². The molecular weight excluding hydrogens is 270 g/mol. The third-order valence-electron chi connectivity index (χ3n) is 5.12. The van der Waals surface area contributed by atoms with Gasteiger partial charge in [-0.3, -0.25) is 9.59 Å². The number of benzene rings is 1. The monoisotopic (exact) mass is 287 g/mol. The lowest BCUT2D eigenvalue weighted by molar-refractivity contribution is -0.145. The van der Waals surface area contributed by atoms with E-state index in [2.05, 4.69) is 5.32 Å². The van der Waals surface area contributed by atoms with Crippen molar-refractivity contribution in [3.63, 3.8) is 0 Å². The predicted octanol–water partition coefficient (Wildman–Crippen LogP) is 1.83. The molecule has 110 valence electrons. The Morgan fingerprint density at radius 1 is 1.38 bits per heavy atom. The van der Waals surface area contributed by atoms with Crippen molar-refractivity contribution in [2.45, 2.75) is 18.9 Å². The fourth-order valence-corrected chi connectivity index (χ4v) is 4.29. The van der Waals surface area contributed by atoms with Gasteiger partial charge in [0.2, 0.25) is 5.91 Å². The van der Waals surface area contributed by atoms with Gasteiger partial charge in [-0.05, 0) is 30.9 Å². The van der Waals surface area contributed by atoms with Crippen LogP contribution in [0.2, 0.25) is 0 Å². The summed E-state index contributed by atoms with van der Waals surface area (Å²) in [5.41, 5.74) is 0.699. The molecule has 0 aromatic heterocycles. The highest BCUT2D eigenvalue weighted by Gasteiger charge is 2.63. The molecule has 5 atom stereocenters. The first-order valence-electron chi connectivity index (χ1n) is 7.33. The summed E-state index contributed by atoms with van der Waals surface area (Å²) >= 11 is 0. The number of hydrogen-bond donors (Lipinski definition) is 1. The van der Waals surface area contributed by atoms with Gasteiger partial charge in [-0.2, -0.15) is 0 Å². The molecule has 2 bridgehead atoms. The third kappa shape index (κ3) is 1.83. The van der Waals surface area contributed by atoms with E-state index in [0.29, 0.717) is 11.4 Å². The number of esters is 1. The summed E-state index contributed by atoms with van der Waals surface area (Å²) in [5, 5.41) is 2.92. The van der Waals surface area contributed by atoms with Crippen LogP contribution in [-0.2, 0) is 14.3 Å². The first kappa shape index (κ1) is 12.7. The third-order valence-corrected chi connectivity index (χ3v) is 5.12. The van der Waals surface area contributed by atoms with Crippen molar-refractivity contribution >= 4 is 17.6 Å². The van der Waals surface area contributed by atoms with Crippen molar-refractivity contribution in [2.75, 3.05) is 12.4 Å². The fraction of sp³-hybridized carbons (Fsp3) is 0.500. The maximum atomic E-state index is 12.6. The summed E-state index contributed by atoms with van der Waals surface area (Å²) in [7, 11) is 1.59. The van der Waals surface area contributed by atoms with Crippen LogP contribution in [0.1, 0.15) is 12.8 Å². The first-order chi connectivity index (χ1) is 10.2. The molecule has 1 saturated heterocycles. The zero-order valence-corrected chi connectivity index (χ0v) is 11.7. The number of carbonyl (C=O) groups excluding carboxylic acids is 2. The van der Waals surface area contributed by atoms with Crippen LogP contribution in [0, 0.1) is 23.7 Å². The molecule has 2 aliphatic carbocycles. The second kappa shape index (κ2) is 4.48. The standard InChI is InChI=1S/C16H17NO4/c1-20-10-4-2-3-9(7-10)17-15(18)13-8-5-11-12(6-8)21-16(19)14(11)13/h2-4,7-8,11-14H,5-6H2,1H3,(H,17,18)/t8-,11+,12-,13-,14+/m0/s1. The summed E-state index contributed by atoms with van der Waals surface area (Å²) < 4.78 is 10.5. The second-order valence-electron chi connectivity index (χ2n) is 6.14. The van der Waals surface area contributed by atoms with Gasteiger partial charge in [0.25, 0.3) is 0 Å². The quantitative estimate of drug-likeness (QED) is 0.861. The molecule has 0 unspecified atom stereocenters. The van der Waals surface area contributed by atoms with E-state index >= 15 is 0 Å². The first-order valence-corrected chi connectivity index (χ1v) is 7.33.